The Balaban J connectivity index is 1.63. The molecular formula is C15H22N4. The summed E-state index contributed by atoms with van der Waals surface area (Å²) >= 11 is 0. The molecule has 2 N–H and O–H groups in total. The normalized spacial score (nSPS) is 17.8. The van der Waals surface area contributed by atoms with Crippen LogP contribution in [0.1, 0.15) is 24.8 Å². The number of aromatic amines is 1. The van der Waals surface area contributed by atoms with E-state index in [2.05, 4.69) is 46.5 Å². The third-order valence-corrected chi connectivity index (χ3v) is 4.54. The molecule has 0 atom stereocenters. The van der Waals surface area contributed by atoms with Crippen molar-refractivity contribution in [3.63, 3.8) is 0 Å². The first kappa shape index (κ1) is 12.6. The number of H-pyrrole nitrogens is 1. The Morgan fingerprint density at radius 1 is 1.42 bits per heavy atom. The molecule has 2 heterocycles. The summed E-state index contributed by atoms with van der Waals surface area (Å²) in [6, 6.07) is 4.12. The topological polar surface area (TPSA) is 44.0 Å². The number of hydrogen-bond donors (Lipinski definition) is 2. The molecule has 4 nitrogen and oxygen atoms in total. The van der Waals surface area contributed by atoms with Crippen molar-refractivity contribution in [1.82, 2.24) is 20.2 Å². The predicted molar refractivity (Wildman–Crippen MR) is 78.1 cm³/mol. The second-order valence-corrected chi connectivity index (χ2v) is 5.79. The molecule has 3 rings (SSSR count). The van der Waals surface area contributed by atoms with Gasteiger partial charge in [-0.2, -0.15) is 0 Å². The highest BCUT2D eigenvalue weighted by molar-refractivity contribution is 5.79. The number of nitrogens with zero attached hydrogens (tertiary/aromatic N) is 2. The van der Waals surface area contributed by atoms with Gasteiger partial charge in [-0.25, -0.2) is 4.98 Å². The fourth-order valence-corrected chi connectivity index (χ4v) is 2.96. The zero-order valence-electron chi connectivity index (χ0n) is 11.7. The Morgan fingerprint density at radius 3 is 2.95 bits per heavy atom. The minimum Gasteiger partial charge on any atom is -0.346 e. The van der Waals surface area contributed by atoms with E-state index in [1.165, 1.54) is 30.2 Å². The summed E-state index contributed by atoms with van der Waals surface area (Å²) < 4.78 is 0. The van der Waals surface area contributed by atoms with E-state index in [0.717, 1.165) is 18.7 Å². The van der Waals surface area contributed by atoms with E-state index in [0.29, 0.717) is 5.54 Å². The van der Waals surface area contributed by atoms with Crippen molar-refractivity contribution in [2.24, 2.45) is 0 Å². The maximum atomic E-state index is 4.32. The molecule has 1 saturated carbocycles. The zero-order chi connectivity index (χ0) is 13.3. The summed E-state index contributed by atoms with van der Waals surface area (Å²) in [4.78, 5) is 9.92. The zero-order valence-corrected chi connectivity index (χ0v) is 11.7. The second kappa shape index (κ2) is 4.94. The van der Waals surface area contributed by atoms with E-state index in [1.807, 2.05) is 12.3 Å². The summed E-state index contributed by atoms with van der Waals surface area (Å²) in [5.74, 6) is 0. The number of nitrogens with one attached hydrogen (secondary N) is 2. The number of fused-ring (bicyclic) bond motifs is 1. The van der Waals surface area contributed by atoms with Crippen molar-refractivity contribution in [2.45, 2.75) is 31.3 Å². The first-order chi connectivity index (χ1) is 9.21. The molecule has 0 amide bonds. The third kappa shape index (κ3) is 2.26. The van der Waals surface area contributed by atoms with Gasteiger partial charge in [0.15, 0.2) is 0 Å². The average molecular weight is 258 g/mol. The van der Waals surface area contributed by atoms with Crippen LogP contribution >= 0.6 is 0 Å². The number of hydrogen-bond acceptors (Lipinski definition) is 3. The van der Waals surface area contributed by atoms with Crippen LogP contribution in [0.15, 0.2) is 24.5 Å². The highest BCUT2D eigenvalue weighted by Gasteiger charge is 2.38. The first-order valence-electron chi connectivity index (χ1n) is 7.00. The van der Waals surface area contributed by atoms with Gasteiger partial charge in [-0.1, -0.05) is 0 Å². The average Bonchev–Trinajstić information content (AvgIpc) is 2.75. The quantitative estimate of drug-likeness (QED) is 0.863. The summed E-state index contributed by atoms with van der Waals surface area (Å²) in [5.41, 5.74) is 2.66. The lowest BCUT2D eigenvalue weighted by Crippen LogP contribution is -2.56. The minimum absolute atomic E-state index is 0.379. The van der Waals surface area contributed by atoms with Gasteiger partial charge in [0.25, 0.3) is 0 Å². The number of pyridine rings is 1. The predicted octanol–water partition coefficient (Wildman–Crippen LogP) is 2.14. The van der Waals surface area contributed by atoms with Crippen LogP contribution in [0.5, 0.6) is 0 Å². The standard InChI is InChI=1S/C15H22N4/c1-19(2)15(6-4-7-15)11-16-9-12-10-18-14-13(12)5-3-8-17-14/h3,5,8,10,16H,4,6-7,9,11H2,1-2H3,(H,17,18). The molecule has 2 aromatic heterocycles. The minimum atomic E-state index is 0.379. The van der Waals surface area contributed by atoms with Crippen molar-refractivity contribution in [1.29, 1.82) is 0 Å². The van der Waals surface area contributed by atoms with E-state index in [1.54, 1.807) is 0 Å². The molecule has 2 aromatic rings. The van der Waals surface area contributed by atoms with Gasteiger partial charge in [-0.3, -0.25) is 0 Å². The summed E-state index contributed by atoms with van der Waals surface area (Å²) in [6.45, 7) is 1.97. The molecule has 1 aliphatic carbocycles. The first-order valence-corrected chi connectivity index (χ1v) is 7.00. The highest BCUT2D eigenvalue weighted by atomic mass is 15.2. The van der Waals surface area contributed by atoms with Gasteiger partial charge in [0.2, 0.25) is 0 Å². The molecule has 0 spiro atoms. The van der Waals surface area contributed by atoms with Crippen LogP contribution in [0, 0.1) is 0 Å². The molecule has 0 aliphatic heterocycles. The van der Waals surface area contributed by atoms with Crippen LogP contribution < -0.4 is 5.32 Å². The smallest absolute Gasteiger partial charge is 0.137 e. The van der Waals surface area contributed by atoms with Crippen LogP contribution in [0.2, 0.25) is 0 Å². The van der Waals surface area contributed by atoms with Crippen molar-refractivity contribution >= 4 is 11.0 Å². The molecule has 1 fully saturated rings. The molecule has 1 aliphatic rings. The van der Waals surface area contributed by atoms with Crippen LogP contribution in [-0.2, 0) is 6.54 Å². The number of rotatable bonds is 5. The van der Waals surface area contributed by atoms with E-state index in [-0.39, 0.29) is 0 Å². The van der Waals surface area contributed by atoms with Crippen LogP contribution in [0.25, 0.3) is 11.0 Å². The van der Waals surface area contributed by atoms with Gasteiger partial charge < -0.3 is 15.2 Å². The summed E-state index contributed by atoms with van der Waals surface area (Å²) in [6.07, 6.45) is 7.86. The van der Waals surface area contributed by atoms with E-state index < -0.39 is 0 Å². The lowest BCUT2D eigenvalue weighted by molar-refractivity contribution is 0.0598. The Bertz CT molecular complexity index is 554. The molecule has 0 aromatic carbocycles. The van der Waals surface area contributed by atoms with Gasteiger partial charge in [-0.15, -0.1) is 0 Å². The van der Waals surface area contributed by atoms with Crippen molar-refractivity contribution in [3.05, 3.63) is 30.1 Å². The number of aromatic nitrogens is 2. The maximum Gasteiger partial charge on any atom is 0.137 e. The van der Waals surface area contributed by atoms with Crippen molar-refractivity contribution < 1.29 is 0 Å². The molecule has 102 valence electrons. The molecule has 0 bridgehead atoms. The summed E-state index contributed by atoms with van der Waals surface area (Å²) in [5, 5.41) is 4.84. The Labute approximate surface area is 114 Å². The van der Waals surface area contributed by atoms with Crippen molar-refractivity contribution in [2.75, 3.05) is 20.6 Å². The van der Waals surface area contributed by atoms with Crippen molar-refractivity contribution in [3.8, 4) is 0 Å². The van der Waals surface area contributed by atoms with Gasteiger partial charge in [-0.05, 0) is 51.1 Å². The lowest BCUT2D eigenvalue weighted by Gasteiger charge is -2.47. The fourth-order valence-electron chi connectivity index (χ4n) is 2.96. The second-order valence-electron chi connectivity index (χ2n) is 5.79. The molecule has 19 heavy (non-hydrogen) atoms. The Hall–Kier alpha value is -1.39. The lowest BCUT2D eigenvalue weighted by atomic mass is 9.75. The van der Waals surface area contributed by atoms with E-state index in [4.69, 9.17) is 0 Å². The molecule has 0 saturated heterocycles. The highest BCUT2D eigenvalue weighted by Crippen LogP contribution is 2.35. The van der Waals surface area contributed by atoms with E-state index >= 15 is 0 Å². The third-order valence-electron chi connectivity index (χ3n) is 4.54. The maximum absolute atomic E-state index is 4.32. The van der Waals surface area contributed by atoms with Crippen LogP contribution in [0.4, 0.5) is 0 Å². The van der Waals surface area contributed by atoms with Crippen LogP contribution in [-0.4, -0.2) is 41.0 Å². The summed E-state index contributed by atoms with van der Waals surface area (Å²) in [7, 11) is 4.38. The molecule has 4 heteroatoms. The van der Waals surface area contributed by atoms with Gasteiger partial charge in [0.1, 0.15) is 5.65 Å². The molecule has 0 unspecified atom stereocenters. The SMILES string of the molecule is CN(C)C1(CNCc2c[nH]c3ncccc23)CCC1. The fraction of sp³-hybridized carbons (Fsp3) is 0.533. The monoisotopic (exact) mass is 258 g/mol. The number of likely N-dealkylation sites (N-methyl/N-ethyl adjacent to an activating group) is 1. The Kier molecular flexibility index (Phi) is 3.29. The molecule has 0 radical (unpaired) electrons. The van der Waals surface area contributed by atoms with Gasteiger partial charge in [0.05, 0.1) is 0 Å². The Morgan fingerprint density at radius 2 is 2.26 bits per heavy atom. The van der Waals surface area contributed by atoms with Gasteiger partial charge in [0, 0.05) is 36.4 Å². The van der Waals surface area contributed by atoms with Crippen LogP contribution in [0.3, 0.4) is 0 Å². The molecular weight excluding hydrogens is 236 g/mol. The van der Waals surface area contributed by atoms with Gasteiger partial charge >= 0.3 is 0 Å². The van der Waals surface area contributed by atoms with E-state index in [9.17, 15) is 0 Å². The largest absolute Gasteiger partial charge is 0.346 e.